The second-order valence-electron chi connectivity index (χ2n) is 9.52. The quantitative estimate of drug-likeness (QED) is 0.477. The minimum atomic E-state index is -0.470. The van der Waals surface area contributed by atoms with Gasteiger partial charge in [-0.25, -0.2) is 14.2 Å². The topological polar surface area (TPSA) is 113 Å². The molecule has 11 heteroatoms. The van der Waals surface area contributed by atoms with Crippen LogP contribution >= 0.6 is 0 Å². The first kappa shape index (κ1) is 25.5. The van der Waals surface area contributed by atoms with Gasteiger partial charge in [0, 0.05) is 26.2 Å². The van der Waals surface area contributed by atoms with Gasteiger partial charge >= 0.3 is 12.1 Å². The third kappa shape index (κ3) is 6.04. The summed E-state index contributed by atoms with van der Waals surface area (Å²) < 4.78 is 25.3. The number of piperazine rings is 1. The first-order valence-corrected chi connectivity index (χ1v) is 12.9. The Kier molecular flexibility index (Phi) is 7.71. The smallest absolute Gasteiger partial charge is 0.394 e. The highest BCUT2D eigenvalue weighted by molar-refractivity contribution is 6.02. The van der Waals surface area contributed by atoms with Crippen molar-refractivity contribution in [1.82, 2.24) is 14.9 Å². The third-order valence-electron chi connectivity index (χ3n) is 6.81. The summed E-state index contributed by atoms with van der Waals surface area (Å²) in [4.78, 5) is 37.7. The summed E-state index contributed by atoms with van der Waals surface area (Å²) >= 11 is 0. The summed E-state index contributed by atoms with van der Waals surface area (Å²) in [7, 11) is 0. The zero-order chi connectivity index (χ0) is 26.5. The van der Waals surface area contributed by atoms with E-state index < -0.39 is 11.7 Å². The average Bonchev–Trinajstić information content (AvgIpc) is 3.31. The molecular weight excluding hydrogens is 491 g/mol. The van der Waals surface area contributed by atoms with E-state index in [0.717, 1.165) is 31.5 Å². The minimum absolute atomic E-state index is 0.0811. The van der Waals surface area contributed by atoms with Crippen molar-refractivity contribution in [3.63, 3.8) is 0 Å². The lowest BCUT2D eigenvalue weighted by Crippen LogP contribution is -2.50. The van der Waals surface area contributed by atoms with Gasteiger partial charge in [-0.05, 0) is 56.9 Å². The van der Waals surface area contributed by atoms with Gasteiger partial charge < -0.3 is 29.6 Å². The molecule has 3 heterocycles. The number of hydrogen-bond acceptors (Lipinski definition) is 7. The molecule has 0 spiro atoms. The number of hydrogen-bond donors (Lipinski definition) is 2. The second kappa shape index (κ2) is 11.5. The lowest BCUT2D eigenvalue weighted by molar-refractivity contribution is 0.0938. The van der Waals surface area contributed by atoms with Crippen LogP contribution in [0.3, 0.4) is 0 Å². The zero-order valence-electron chi connectivity index (χ0n) is 21.3. The molecule has 38 heavy (non-hydrogen) atoms. The van der Waals surface area contributed by atoms with Crippen molar-refractivity contribution >= 4 is 29.1 Å². The number of para-hydroxylation sites is 1. The fourth-order valence-electron chi connectivity index (χ4n) is 4.69. The van der Waals surface area contributed by atoms with Gasteiger partial charge in [-0.2, -0.15) is 4.98 Å². The maximum absolute atomic E-state index is 13.8. The number of urea groups is 1. The van der Waals surface area contributed by atoms with E-state index in [1.807, 2.05) is 11.0 Å². The van der Waals surface area contributed by atoms with Crippen molar-refractivity contribution in [1.29, 1.82) is 0 Å². The van der Waals surface area contributed by atoms with E-state index in [1.54, 1.807) is 36.2 Å². The van der Waals surface area contributed by atoms with Gasteiger partial charge in [0.1, 0.15) is 17.7 Å². The van der Waals surface area contributed by atoms with Gasteiger partial charge in [-0.1, -0.05) is 18.6 Å². The Labute approximate surface area is 220 Å². The Morgan fingerprint density at radius 2 is 1.79 bits per heavy atom. The molecule has 1 aromatic carbocycles. The molecule has 1 aliphatic heterocycles. The molecule has 3 amide bonds. The largest absolute Gasteiger partial charge is 0.447 e. The molecule has 1 saturated carbocycles. The summed E-state index contributed by atoms with van der Waals surface area (Å²) in [6, 6.07) is 9.33. The highest BCUT2D eigenvalue weighted by atomic mass is 19.1. The van der Waals surface area contributed by atoms with Gasteiger partial charge in [-0.15, -0.1) is 0 Å². The fourth-order valence-corrected chi connectivity index (χ4v) is 4.69. The molecule has 0 bridgehead atoms. The van der Waals surface area contributed by atoms with Crippen molar-refractivity contribution < 1.29 is 23.1 Å². The van der Waals surface area contributed by atoms with Crippen LogP contribution in [0.25, 0.3) is 0 Å². The van der Waals surface area contributed by atoms with Crippen LogP contribution in [0.15, 0.2) is 47.0 Å². The summed E-state index contributed by atoms with van der Waals surface area (Å²) in [5.74, 6) is -0.0408. The predicted octanol–water partition coefficient (Wildman–Crippen LogP) is 4.84. The number of anilines is 3. The number of amides is 3. The summed E-state index contributed by atoms with van der Waals surface area (Å²) in [6.45, 7) is 3.80. The molecule has 1 saturated heterocycles. The van der Waals surface area contributed by atoms with Crippen molar-refractivity contribution in [2.45, 2.75) is 45.1 Å². The molecule has 0 unspecified atom stereocenters. The van der Waals surface area contributed by atoms with Crippen LogP contribution in [-0.4, -0.2) is 59.1 Å². The number of nitrogens with one attached hydrogen (secondary N) is 2. The number of halogens is 1. The monoisotopic (exact) mass is 522 g/mol. The molecular formula is C27H31FN6O4. The van der Waals surface area contributed by atoms with E-state index in [1.165, 1.54) is 18.6 Å². The van der Waals surface area contributed by atoms with Crippen LogP contribution < -0.4 is 20.3 Å². The molecule has 3 aromatic rings. The number of oxazole rings is 1. The van der Waals surface area contributed by atoms with Gasteiger partial charge in [0.25, 0.3) is 5.91 Å². The van der Waals surface area contributed by atoms with Gasteiger partial charge in [-0.3, -0.25) is 4.79 Å². The summed E-state index contributed by atoms with van der Waals surface area (Å²) in [6.07, 6.45) is 7.20. The van der Waals surface area contributed by atoms with Crippen LogP contribution in [-0.2, 0) is 0 Å². The lowest BCUT2D eigenvalue weighted by atomic mass is 9.98. The van der Waals surface area contributed by atoms with E-state index in [0.29, 0.717) is 37.6 Å². The standard InChI is InChI=1S/C27H31FN6O4/c1-18-24(38-27(30-18)37-20-7-3-2-4-8-20)25(35)31-19-11-12-23(29-17-19)33-13-15-34(16-14-33)26(36)32-22-10-6-5-9-21(22)28/h5-6,9-12,17,20H,2-4,7-8,13-16H2,1H3,(H,31,35)(H,32,36). The second-order valence-corrected chi connectivity index (χ2v) is 9.52. The number of nitrogens with zero attached hydrogens (tertiary/aromatic N) is 4. The van der Waals surface area contributed by atoms with Gasteiger partial charge in [0.2, 0.25) is 5.76 Å². The van der Waals surface area contributed by atoms with Crippen molar-refractivity contribution in [2.75, 3.05) is 41.7 Å². The zero-order valence-corrected chi connectivity index (χ0v) is 21.3. The first-order valence-electron chi connectivity index (χ1n) is 12.9. The Morgan fingerprint density at radius 3 is 2.50 bits per heavy atom. The highest BCUT2D eigenvalue weighted by Gasteiger charge is 2.24. The normalized spacial score (nSPS) is 16.3. The van der Waals surface area contributed by atoms with E-state index >= 15 is 0 Å². The lowest BCUT2D eigenvalue weighted by Gasteiger charge is -2.35. The Hall–Kier alpha value is -4.15. The number of aromatic nitrogens is 2. The van der Waals surface area contributed by atoms with Crippen molar-refractivity contribution in [3.8, 4) is 6.08 Å². The van der Waals surface area contributed by atoms with Gasteiger partial charge in [0.15, 0.2) is 0 Å². The molecule has 5 rings (SSSR count). The number of rotatable bonds is 6. The molecule has 2 aliphatic rings. The fraction of sp³-hybridized carbons (Fsp3) is 0.407. The number of carbonyl (C=O) groups excluding carboxylic acids is 2. The third-order valence-corrected chi connectivity index (χ3v) is 6.81. The SMILES string of the molecule is Cc1nc(OC2CCCCC2)oc1C(=O)Nc1ccc(N2CCN(C(=O)Nc3ccccc3F)CC2)nc1. The van der Waals surface area contributed by atoms with Crippen LogP contribution in [0.2, 0.25) is 0 Å². The first-order chi connectivity index (χ1) is 18.5. The minimum Gasteiger partial charge on any atom is -0.447 e. The van der Waals surface area contributed by atoms with E-state index in [-0.39, 0.29) is 29.7 Å². The molecule has 2 fully saturated rings. The number of pyridine rings is 1. The number of ether oxygens (including phenoxy) is 1. The molecule has 1 aliphatic carbocycles. The molecule has 2 aromatic heterocycles. The Morgan fingerprint density at radius 1 is 1.03 bits per heavy atom. The van der Waals surface area contributed by atoms with Crippen LogP contribution in [0, 0.1) is 12.7 Å². The number of carbonyl (C=O) groups is 2. The maximum atomic E-state index is 13.8. The summed E-state index contributed by atoms with van der Waals surface area (Å²) in [5, 5.41) is 5.41. The highest BCUT2D eigenvalue weighted by Crippen LogP contribution is 2.25. The van der Waals surface area contributed by atoms with Crippen LogP contribution in [0.5, 0.6) is 6.08 Å². The molecule has 10 nitrogen and oxygen atoms in total. The molecule has 0 radical (unpaired) electrons. The Balaban J connectivity index is 1.12. The molecule has 0 atom stereocenters. The van der Waals surface area contributed by atoms with E-state index in [4.69, 9.17) is 9.15 Å². The number of benzene rings is 1. The predicted molar refractivity (Wildman–Crippen MR) is 140 cm³/mol. The van der Waals surface area contributed by atoms with E-state index in [9.17, 15) is 14.0 Å². The van der Waals surface area contributed by atoms with Crippen molar-refractivity contribution in [3.05, 3.63) is 59.9 Å². The van der Waals surface area contributed by atoms with Crippen molar-refractivity contribution in [2.24, 2.45) is 0 Å². The van der Waals surface area contributed by atoms with E-state index in [2.05, 4.69) is 20.6 Å². The van der Waals surface area contributed by atoms with Gasteiger partial charge in [0.05, 0.1) is 23.3 Å². The van der Waals surface area contributed by atoms with Crippen LogP contribution in [0.1, 0.15) is 48.4 Å². The Bertz CT molecular complexity index is 1270. The van der Waals surface area contributed by atoms with Crippen LogP contribution in [0.4, 0.5) is 26.4 Å². The molecule has 200 valence electrons. The maximum Gasteiger partial charge on any atom is 0.394 e. The average molecular weight is 523 g/mol. The molecule has 2 N–H and O–H groups in total. The number of aryl methyl sites for hydroxylation is 1. The summed E-state index contributed by atoms with van der Waals surface area (Å²) in [5.41, 5.74) is 1.15.